The van der Waals surface area contributed by atoms with Crippen LogP contribution in [0.15, 0.2) is 0 Å². The lowest BCUT2D eigenvalue weighted by Gasteiger charge is -2.31. The number of nitrogens with two attached hydrogens (primary N) is 1. The summed E-state index contributed by atoms with van der Waals surface area (Å²) < 4.78 is 0. The van der Waals surface area contributed by atoms with E-state index in [-0.39, 0.29) is 24.3 Å². The van der Waals surface area contributed by atoms with Crippen LogP contribution in [0.5, 0.6) is 0 Å². The topological polar surface area (TPSA) is 75.4 Å². The van der Waals surface area contributed by atoms with Crippen LogP contribution in [0.2, 0.25) is 0 Å². The molecule has 2 unspecified atom stereocenters. The molecular formula is C14H27N3O2. The summed E-state index contributed by atoms with van der Waals surface area (Å²) in [6, 6.07) is 0. The Morgan fingerprint density at radius 1 is 1.32 bits per heavy atom. The number of likely N-dealkylation sites (N-methyl/N-ethyl adjacent to an activating group) is 2. The highest BCUT2D eigenvalue weighted by molar-refractivity contribution is 5.85. The number of carbonyl (C=O) groups is 2. The van der Waals surface area contributed by atoms with Gasteiger partial charge in [-0.05, 0) is 45.6 Å². The third-order valence-electron chi connectivity index (χ3n) is 3.87. The highest BCUT2D eigenvalue weighted by Gasteiger charge is 2.29. The standard InChI is InChI=1S/C14H27N3O2/c1-3-16-13(18)10-17(4-2)14(19)12-7-5-6-11(8-12)9-15/h11-12H,3-10,15H2,1-2H3,(H,16,18). The molecule has 0 heterocycles. The molecule has 0 aromatic carbocycles. The molecule has 3 N–H and O–H groups in total. The molecule has 0 aromatic rings. The van der Waals surface area contributed by atoms with E-state index < -0.39 is 0 Å². The van der Waals surface area contributed by atoms with E-state index in [0.717, 1.165) is 25.7 Å². The maximum absolute atomic E-state index is 12.4. The zero-order valence-corrected chi connectivity index (χ0v) is 12.2. The monoisotopic (exact) mass is 269 g/mol. The van der Waals surface area contributed by atoms with Crippen molar-refractivity contribution in [2.75, 3.05) is 26.2 Å². The molecule has 1 aliphatic carbocycles. The molecule has 5 heteroatoms. The zero-order chi connectivity index (χ0) is 14.3. The third-order valence-corrected chi connectivity index (χ3v) is 3.87. The second-order valence-corrected chi connectivity index (χ2v) is 5.27. The van der Waals surface area contributed by atoms with Gasteiger partial charge in [0.25, 0.3) is 0 Å². The quantitative estimate of drug-likeness (QED) is 0.746. The number of amides is 2. The molecule has 1 rings (SSSR count). The lowest BCUT2D eigenvalue weighted by Crippen LogP contribution is -2.44. The van der Waals surface area contributed by atoms with Crippen molar-refractivity contribution < 1.29 is 9.59 Å². The molecule has 110 valence electrons. The van der Waals surface area contributed by atoms with Crippen LogP contribution in [-0.4, -0.2) is 42.9 Å². The van der Waals surface area contributed by atoms with Crippen LogP contribution in [0, 0.1) is 11.8 Å². The van der Waals surface area contributed by atoms with Gasteiger partial charge in [-0.2, -0.15) is 0 Å². The average Bonchev–Trinajstić information content (AvgIpc) is 2.44. The Kier molecular flexibility index (Phi) is 6.84. The van der Waals surface area contributed by atoms with Crippen LogP contribution in [-0.2, 0) is 9.59 Å². The van der Waals surface area contributed by atoms with Crippen LogP contribution >= 0.6 is 0 Å². The Morgan fingerprint density at radius 2 is 2.05 bits per heavy atom. The molecule has 0 aliphatic heterocycles. The van der Waals surface area contributed by atoms with Crippen LogP contribution in [0.25, 0.3) is 0 Å². The minimum absolute atomic E-state index is 0.0525. The predicted molar refractivity (Wildman–Crippen MR) is 75.4 cm³/mol. The number of hydrogen-bond donors (Lipinski definition) is 2. The molecule has 1 fully saturated rings. The van der Waals surface area contributed by atoms with E-state index >= 15 is 0 Å². The summed E-state index contributed by atoms with van der Waals surface area (Å²) in [6.07, 6.45) is 4.00. The minimum Gasteiger partial charge on any atom is -0.355 e. The SMILES string of the molecule is CCNC(=O)CN(CC)C(=O)C1CCCC(CN)C1. The van der Waals surface area contributed by atoms with Crippen molar-refractivity contribution in [2.45, 2.75) is 39.5 Å². The van der Waals surface area contributed by atoms with Gasteiger partial charge in [0, 0.05) is 19.0 Å². The van der Waals surface area contributed by atoms with E-state index in [1.54, 1.807) is 4.90 Å². The van der Waals surface area contributed by atoms with Gasteiger partial charge >= 0.3 is 0 Å². The molecular weight excluding hydrogens is 242 g/mol. The number of nitrogens with one attached hydrogen (secondary N) is 1. The molecule has 0 aromatic heterocycles. The molecule has 5 nitrogen and oxygen atoms in total. The lowest BCUT2D eigenvalue weighted by molar-refractivity contribution is -0.140. The number of carbonyl (C=O) groups excluding carboxylic acids is 2. The molecule has 0 spiro atoms. The van der Waals surface area contributed by atoms with Crippen molar-refractivity contribution in [3.05, 3.63) is 0 Å². The van der Waals surface area contributed by atoms with Crippen molar-refractivity contribution in [3.63, 3.8) is 0 Å². The normalized spacial score (nSPS) is 22.9. The highest BCUT2D eigenvalue weighted by Crippen LogP contribution is 2.29. The van der Waals surface area contributed by atoms with Crippen LogP contribution in [0.1, 0.15) is 39.5 Å². The summed E-state index contributed by atoms with van der Waals surface area (Å²) in [5, 5.41) is 2.74. The Hall–Kier alpha value is -1.10. The van der Waals surface area contributed by atoms with E-state index in [1.807, 2.05) is 13.8 Å². The smallest absolute Gasteiger partial charge is 0.239 e. The van der Waals surface area contributed by atoms with Crippen molar-refractivity contribution in [2.24, 2.45) is 17.6 Å². The van der Waals surface area contributed by atoms with E-state index in [2.05, 4.69) is 5.32 Å². The molecule has 0 radical (unpaired) electrons. The first kappa shape index (κ1) is 16.0. The van der Waals surface area contributed by atoms with Gasteiger partial charge in [-0.1, -0.05) is 6.42 Å². The van der Waals surface area contributed by atoms with Gasteiger partial charge in [0.1, 0.15) is 0 Å². The minimum atomic E-state index is -0.0797. The van der Waals surface area contributed by atoms with Crippen molar-refractivity contribution >= 4 is 11.8 Å². The van der Waals surface area contributed by atoms with Gasteiger partial charge in [0.15, 0.2) is 0 Å². The van der Waals surface area contributed by atoms with E-state index in [1.165, 1.54) is 0 Å². The van der Waals surface area contributed by atoms with Gasteiger partial charge in [0.05, 0.1) is 6.54 Å². The summed E-state index contributed by atoms with van der Waals surface area (Å²) in [5.41, 5.74) is 5.71. The average molecular weight is 269 g/mol. The number of nitrogens with zero attached hydrogens (tertiary/aromatic N) is 1. The first-order valence-electron chi connectivity index (χ1n) is 7.37. The van der Waals surface area contributed by atoms with Crippen LogP contribution < -0.4 is 11.1 Å². The summed E-state index contributed by atoms with van der Waals surface area (Å²) in [6.45, 7) is 5.81. The molecule has 1 aliphatic rings. The van der Waals surface area contributed by atoms with Crippen molar-refractivity contribution in [1.29, 1.82) is 0 Å². The molecule has 0 bridgehead atoms. The summed E-state index contributed by atoms with van der Waals surface area (Å²) in [4.78, 5) is 25.7. The largest absolute Gasteiger partial charge is 0.355 e. The number of hydrogen-bond acceptors (Lipinski definition) is 3. The van der Waals surface area contributed by atoms with Crippen molar-refractivity contribution in [3.8, 4) is 0 Å². The Bertz CT molecular complexity index is 307. The zero-order valence-electron chi connectivity index (χ0n) is 12.2. The first-order valence-corrected chi connectivity index (χ1v) is 7.37. The van der Waals surface area contributed by atoms with E-state index in [0.29, 0.717) is 25.6 Å². The predicted octanol–water partition coefficient (Wildman–Crippen LogP) is 0.736. The van der Waals surface area contributed by atoms with Gasteiger partial charge in [-0.15, -0.1) is 0 Å². The van der Waals surface area contributed by atoms with Gasteiger partial charge < -0.3 is 16.0 Å². The molecule has 19 heavy (non-hydrogen) atoms. The third kappa shape index (κ3) is 4.82. The molecule has 1 saturated carbocycles. The lowest BCUT2D eigenvalue weighted by atomic mass is 9.81. The second kappa shape index (κ2) is 8.15. The fourth-order valence-electron chi connectivity index (χ4n) is 2.76. The maximum atomic E-state index is 12.4. The highest BCUT2D eigenvalue weighted by atomic mass is 16.2. The molecule has 0 saturated heterocycles. The summed E-state index contributed by atoms with van der Waals surface area (Å²) >= 11 is 0. The van der Waals surface area contributed by atoms with E-state index in [9.17, 15) is 9.59 Å². The van der Waals surface area contributed by atoms with Crippen LogP contribution in [0.3, 0.4) is 0 Å². The number of rotatable bonds is 6. The first-order chi connectivity index (χ1) is 9.12. The molecule has 2 atom stereocenters. The fourth-order valence-corrected chi connectivity index (χ4v) is 2.76. The van der Waals surface area contributed by atoms with Crippen LogP contribution in [0.4, 0.5) is 0 Å². The van der Waals surface area contributed by atoms with E-state index in [4.69, 9.17) is 5.73 Å². The van der Waals surface area contributed by atoms with Crippen molar-refractivity contribution in [1.82, 2.24) is 10.2 Å². The Labute approximate surface area is 115 Å². The van der Waals surface area contributed by atoms with Gasteiger partial charge in [0.2, 0.25) is 11.8 Å². The second-order valence-electron chi connectivity index (χ2n) is 5.27. The Morgan fingerprint density at radius 3 is 2.63 bits per heavy atom. The summed E-state index contributed by atoms with van der Waals surface area (Å²) in [7, 11) is 0. The maximum Gasteiger partial charge on any atom is 0.239 e. The Balaban J connectivity index is 2.54. The van der Waals surface area contributed by atoms with Gasteiger partial charge in [-0.25, -0.2) is 0 Å². The van der Waals surface area contributed by atoms with Gasteiger partial charge in [-0.3, -0.25) is 9.59 Å². The fraction of sp³-hybridized carbons (Fsp3) is 0.857. The summed E-state index contributed by atoms with van der Waals surface area (Å²) in [5.74, 6) is 0.554. The molecule has 2 amide bonds.